The number of hydrogen-bond donors (Lipinski definition) is 1. The number of nitrogen functional groups attached to an aromatic ring is 1. The van der Waals surface area contributed by atoms with Crippen LogP contribution in [-0.2, 0) is 0 Å². The third kappa shape index (κ3) is 2.01. The molecule has 0 aliphatic heterocycles. The fraction of sp³-hybridized carbons (Fsp3) is 0.133. The quantitative estimate of drug-likeness (QED) is 0.730. The molecule has 0 aliphatic rings. The van der Waals surface area contributed by atoms with E-state index in [1.807, 2.05) is 60.3 Å². The van der Waals surface area contributed by atoms with Crippen molar-refractivity contribution in [2.45, 2.75) is 6.92 Å². The van der Waals surface area contributed by atoms with Crippen LogP contribution < -0.4 is 10.5 Å². The monoisotopic (exact) mass is 253 g/mol. The lowest BCUT2D eigenvalue weighted by Gasteiger charge is -2.10. The highest BCUT2D eigenvalue weighted by atomic mass is 16.5. The number of rotatable bonds is 3. The Morgan fingerprint density at radius 1 is 1.21 bits per heavy atom. The molecular weight excluding hydrogens is 238 g/mol. The molecule has 0 atom stereocenters. The van der Waals surface area contributed by atoms with Gasteiger partial charge < -0.3 is 10.5 Å². The largest absolute Gasteiger partial charge is 0.492 e. The minimum absolute atomic E-state index is 0.591. The maximum atomic E-state index is 5.89. The first kappa shape index (κ1) is 11.6. The molecular formula is C15H15N3O. The molecule has 0 aliphatic carbocycles. The van der Waals surface area contributed by atoms with Gasteiger partial charge >= 0.3 is 0 Å². The van der Waals surface area contributed by atoms with Crippen LogP contribution in [0.2, 0.25) is 0 Å². The van der Waals surface area contributed by atoms with Crippen molar-refractivity contribution in [2.75, 3.05) is 12.3 Å². The van der Waals surface area contributed by atoms with Gasteiger partial charge in [0, 0.05) is 11.5 Å². The summed E-state index contributed by atoms with van der Waals surface area (Å²) in [6.45, 7) is 2.53. The number of benzene rings is 2. The molecule has 0 saturated carbocycles. The van der Waals surface area contributed by atoms with Gasteiger partial charge in [-0.15, -0.1) is 0 Å². The summed E-state index contributed by atoms with van der Waals surface area (Å²) >= 11 is 0. The van der Waals surface area contributed by atoms with Crippen LogP contribution in [0.5, 0.6) is 5.75 Å². The van der Waals surface area contributed by atoms with E-state index in [2.05, 4.69) is 5.10 Å². The molecule has 19 heavy (non-hydrogen) atoms. The SMILES string of the molecule is CCOc1cc(-n2ncc3ccccc32)ccc1N. The number of nitrogens with two attached hydrogens (primary N) is 1. The summed E-state index contributed by atoms with van der Waals surface area (Å²) in [7, 11) is 0. The summed E-state index contributed by atoms with van der Waals surface area (Å²) in [5.41, 5.74) is 8.54. The lowest BCUT2D eigenvalue weighted by Crippen LogP contribution is -2.01. The summed E-state index contributed by atoms with van der Waals surface area (Å²) < 4.78 is 7.41. The molecule has 0 radical (unpaired) electrons. The van der Waals surface area contributed by atoms with Crippen LogP contribution in [0.25, 0.3) is 16.6 Å². The second-order valence-corrected chi connectivity index (χ2v) is 4.27. The minimum Gasteiger partial charge on any atom is -0.492 e. The number of hydrogen-bond acceptors (Lipinski definition) is 3. The lowest BCUT2D eigenvalue weighted by atomic mass is 10.2. The molecule has 96 valence electrons. The van der Waals surface area contributed by atoms with Gasteiger partial charge in [-0.3, -0.25) is 0 Å². The number of ether oxygens (including phenoxy) is 1. The lowest BCUT2D eigenvalue weighted by molar-refractivity contribution is 0.342. The Morgan fingerprint density at radius 2 is 2.05 bits per heavy atom. The highest BCUT2D eigenvalue weighted by Gasteiger charge is 2.07. The molecule has 3 aromatic rings. The predicted molar refractivity (Wildman–Crippen MR) is 76.7 cm³/mol. The van der Waals surface area contributed by atoms with Crippen molar-refractivity contribution >= 4 is 16.6 Å². The Bertz CT molecular complexity index is 718. The smallest absolute Gasteiger partial charge is 0.144 e. The molecule has 0 saturated heterocycles. The second-order valence-electron chi connectivity index (χ2n) is 4.27. The zero-order valence-corrected chi connectivity index (χ0v) is 10.7. The van der Waals surface area contributed by atoms with Gasteiger partial charge in [0.05, 0.1) is 29.7 Å². The Morgan fingerprint density at radius 3 is 2.89 bits per heavy atom. The van der Waals surface area contributed by atoms with Crippen LogP contribution in [-0.4, -0.2) is 16.4 Å². The van der Waals surface area contributed by atoms with Crippen LogP contribution in [0.4, 0.5) is 5.69 Å². The molecule has 0 bridgehead atoms. The molecule has 0 unspecified atom stereocenters. The number of para-hydroxylation sites is 1. The van der Waals surface area contributed by atoms with Gasteiger partial charge in [-0.25, -0.2) is 4.68 Å². The molecule has 1 heterocycles. The third-order valence-electron chi connectivity index (χ3n) is 3.02. The van der Waals surface area contributed by atoms with E-state index in [0.29, 0.717) is 18.0 Å². The fourth-order valence-electron chi connectivity index (χ4n) is 2.11. The predicted octanol–water partition coefficient (Wildman–Crippen LogP) is 3.01. The zero-order valence-electron chi connectivity index (χ0n) is 10.7. The zero-order chi connectivity index (χ0) is 13.2. The fourth-order valence-corrected chi connectivity index (χ4v) is 2.11. The van der Waals surface area contributed by atoms with Crippen molar-refractivity contribution in [3.05, 3.63) is 48.7 Å². The Hall–Kier alpha value is -2.49. The van der Waals surface area contributed by atoms with Crippen LogP contribution in [0.15, 0.2) is 48.7 Å². The molecule has 0 amide bonds. The van der Waals surface area contributed by atoms with E-state index >= 15 is 0 Å². The number of anilines is 1. The molecule has 3 rings (SSSR count). The molecule has 1 aromatic heterocycles. The van der Waals surface area contributed by atoms with Gasteiger partial charge in [0.25, 0.3) is 0 Å². The number of aromatic nitrogens is 2. The van der Waals surface area contributed by atoms with E-state index in [-0.39, 0.29) is 0 Å². The Balaban J connectivity index is 2.13. The van der Waals surface area contributed by atoms with Crippen molar-refractivity contribution in [3.63, 3.8) is 0 Å². The van der Waals surface area contributed by atoms with Crippen molar-refractivity contribution in [1.29, 1.82) is 0 Å². The van der Waals surface area contributed by atoms with E-state index in [9.17, 15) is 0 Å². The number of fused-ring (bicyclic) bond motifs is 1. The van der Waals surface area contributed by atoms with Crippen LogP contribution in [0.3, 0.4) is 0 Å². The first-order chi connectivity index (χ1) is 9.29. The summed E-state index contributed by atoms with van der Waals surface area (Å²) in [6.07, 6.45) is 1.85. The van der Waals surface area contributed by atoms with Gasteiger partial charge in [0.15, 0.2) is 0 Å². The van der Waals surface area contributed by atoms with E-state index in [0.717, 1.165) is 16.6 Å². The highest BCUT2D eigenvalue weighted by Crippen LogP contribution is 2.26. The number of nitrogens with zero attached hydrogens (tertiary/aromatic N) is 2. The molecule has 2 aromatic carbocycles. The normalized spacial score (nSPS) is 10.8. The van der Waals surface area contributed by atoms with E-state index in [4.69, 9.17) is 10.5 Å². The topological polar surface area (TPSA) is 53.1 Å². The first-order valence-corrected chi connectivity index (χ1v) is 6.25. The summed E-state index contributed by atoms with van der Waals surface area (Å²) in [4.78, 5) is 0. The van der Waals surface area contributed by atoms with E-state index in [1.54, 1.807) is 0 Å². The maximum Gasteiger partial charge on any atom is 0.144 e. The molecule has 4 nitrogen and oxygen atoms in total. The molecule has 2 N–H and O–H groups in total. The average Bonchev–Trinajstić information content (AvgIpc) is 2.85. The van der Waals surface area contributed by atoms with Gasteiger partial charge in [-0.2, -0.15) is 5.10 Å². The second kappa shape index (κ2) is 4.65. The van der Waals surface area contributed by atoms with Crippen LogP contribution in [0, 0.1) is 0 Å². The molecule has 0 fully saturated rings. The highest BCUT2D eigenvalue weighted by molar-refractivity contribution is 5.80. The first-order valence-electron chi connectivity index (χ1n) is 6.25. The standard InChI is InChI=1S/C15H15N3O/c1-2-19-15-9-12(7-8-13(15)16)18-14-6-4-3-5-11(14)10-17-18/h3-10H,2,16H2,1H3. The minimum atomic E-state index is 0.591. The van der Waals surface area contributed by atoms with Crippen molar-refractivity contribution < 1.29 is 4.74 Å². The van der Waals surface area contributed by atoms with Gasteiger partial charge in [0.1, 0.15) is 5.75 Å². The maximum absolute atomic E-state index is 5.89. The molecule has 0 spiro atoms. The van der Waals surface area contributed by atoms with Crippen LogP contribution in [0.1, 0.15) is 6.92 Å². The van der Waals surface area contributed by atoms with Crippen molar-refractivity contribution in [3.8, 4) is 11.4 Å². The van der Waals surface area contributed by atoms with Gasteiger partial charge in [-0.1, -0.05) is 18.2 Å². The summed E-state index contributed by atoms with van der Waals surface area (Å²) in [6, 6.07) is 13.8. The van der Waals surface area contributed by atoms with E-state index in [1.165, 1.54) is 0 Å². The average molecular weight is 253 g/mol. The van der Waals surface area contributed by atoms with Gasteiger partial charge in [0.2, 0.25) is 0 Å². The summed E-state index contributed by atoms with van der Waals surface area (Å²) in [5.74, 6) is 0.694. The molecule has 4 heteroatoms. The van der Waals surface area contributed by atoms with Crippen molar-refractivity contribution in [2.24, 2.45) is 0 Å². The van der Waals surface area contributed by atoms with E-state index < -0.39 is 0 Å². The Kier molecular flexibility index (Phi) is 2.83. The third-order valence-corrected chi connectivity index (χ3v) is 3.02. The van der Waals surface area contributed by atoms with Gasteiger partial charge in [-0.05, 0) is 25.1 Å². The van der Waals surface area contributed by atoms with Crippen molar-refractivity contribution in [1.82, 2.24) is 9.78 Å². The van der Waals surface area contributed by atoms with Crippen LogP contribution >= 0.6 is 0 Å². The Labute approximate surface area is 111 Å². The summed E-state index contributed by atoms with van der Waals surface area (Å²) in [5, 5.41) is 5.53.